The molecule has 4 nitrogen and oxygen atoms in total. The maximum absolute atomic E-state index is 5.87. The van der Waals surface area contributed by atoms with Crippen LogP contribution < -0.4 is 10.6 Å². The van der Waals surface area contributed by atoms with Gasteiger partial charge in [-0.05, 0) is 44.9 Å². The predicted molar refractivity (Wildman–Crippen MR) is 78.2 cm³/mol. The van der Waals surface area contributed by atoms with E-state index in [4.69, 9.17) is 5.73 Å². The highest BCUT2D eigenvalue weighted by molar-refractivity contribution is 5.40. The lowest BCUT2D eigenvalue weighted by atomic mass is 10.1. The zero-order chi connectivity index (χ0) is 13.4. The summed E-state index contributed by atoms with van der Waals surface area (Å²) in [6, 6.07) is 5.77. The molecule has 0 aromatic carbocycles. The van der Waals surface area contributed by atoms with Gasteiger partial charge in [0.05, 0.1) is 0 Å². The van der Waals surface area contributed by atoms with Crippen molar-refractivity contribution in [1.29, 1.82) is 0 Å². The molecule has 2 unspecified atom stereocenters. The lowest BCUT2D eigenvalue weighted by Crippen LogP contribution is -2.36. The minimum atomic E-state index is 0.0628. The maximum atomic E-state index is 5.87. The molecule has 2 aliphatic heterocycles. The van der Waals surface area contributed by atoms with Crippen LogP contribution in [0.1, 0.15) is 37.8 Å². The van der Waals surface area contributed by atoms with Crippen molar-refractivity contribution < 1.29 is 0 Å². The molecular formula is C15H24N4. The van der Waals surface area contributed by atoms with E-state index < -0.39 is 0 Å². The number of aromatic nitrogens is 1. The lowest BCUT2D eigenvalue weighted by molar-refractivity contribution is 0.254. The van der Waals surface area contributed by atoms with Gasteiger partial charge < -0.3 is 10.6 Å². The number of anilines is 1. The molecule has 0 aliphatic carbocycles. The minimum absolute atomic E-state index is 0.0628. The van der Waals surface area contributed by atoms with E-state index in [1.807, 2.05) is 13.1 Å². The lowest BCUT2D eigenvalue weighted by Gasteiger charge is -2.26. The molecule has 1 aromatic rings. The first kappa shape index (κ1) is 12.9. The Morgan fingerprint density at radius 1 is 1.26 bits per heavy atom. The van der Waals surface area contributed by atoms with Crippen LogP contribution in [0.15, 0.2) is 18.3 Å². The van der Waals surface area contributed by atoms with E-state index in [-0.39, 0.29) is 6.04 Å². The number of likely N-dealkylation sites (N-methyl/N-ethyl adjacent to an activating group) is 1. The van der Waals surface area contributed by atoms with Crippen LogP contribution in [0, 0.1) is 0 Å². The molecular weight excluding hydrogens is 236 g/mol. The Morgan fingerprint density at radius 2 is 2.05 bits per heavy atom. The molecule has 0 spiro atoms. The monoisotopic (exact) mass is 260 g/mol. The second-order valence-corrected chi connectivity index (χ2v) is 6.02. The highest BCUT2D eigenvalue weighted by Crippen LogP contribution is 2.30. The van der Waals surface area contributed by atoms with Gasteiger partial charge in [-0.25, -0.2) is 4.98 Å². The standard InChI is InChI=1S/C15H24N4/c1-11(16)12-3-6-15(17-9-12)19-8-7-13-4-5-14(10-19)18(13)2/h3,6,9,11,13-14H,4-5,7-8,10,16H2,1-2H3/t11-,13?,14?/m0/s1. The molecule has 1 aromatic heterocycles. The molecule has 2 saturated heterocycles. The largest absolute Gasteiger partial charge is 0.355 e. The number of nitrogens with two attached hydrogens (primary N) is 1. The fraction of sp³-hybridized carbons (Fsp3) is 0.667. The van der Waals surface area contributed by atoms with E-state index in [2.05, 4.69) is 34.0 Å². The molecule has 0 amide bonds. The number of nitrogens with zero attached hydrogens (tertiary/aromatic N) is 3. The van der Waals surface area contributed by atoms with Crippen LogP contribution in [0.2, 0.25) is 0 Å². The molecule has 0 radical (unpaired) electrons. The van der Waals surface area contributed by atoms with Crippen LogP contribution in [0.25, 0.3) is 0 Å². The summed E-state index contributed by atoms with van der Waals surface area (Å²) in [5.41, 5.74) is 6.98. The zero-order valence-electron chi connectivity index (χ0n) is 11.9. The van der Waals surface area contributed by atoms with Crippen molar-refractivity contribution in [3.05, 3.63) is 23.9 Å². The second kappa shape index (κ2) is 5.10. The summed E-state index contributed by atoms with van der Waals surface area (Å²) >= 11 is 0. The van der Waals surface area contributed by atoms with Gasteiger partial charge in [0.1, 0.15) is 5.82 Å². The van der Waals surface area contributed by atoms with Crippen molar-refractivity contribution in [3.63, 3.8) is 0 Å². The van der Waals surface area contributed by atoms with Gasteiger partial charge in [-0.15, -0.1) is 0 Å². The molecule has 2 bridgehead atoms. The summed E-state index contributed by atoms with van der Waals surface area (Å²) in [4.78, 5) is 9.60. The van der Waals surface area contributed by atoms with Crippen LogP contribution in [0.3, 0.4) is 0 Å². The van der Waals surface area contributed by atoms with Crippen molar-refractivity contribution in [2.75, 3.05) is 25.0 Å². The van der Waals surface area contributed by atoms with Gasteiger partial charge in [0.15, 0.2) is 0 Å². The Hall–Kier alpha value is -1.13. The van der Waals surface area contributed by atoms with Gasteiger partial charge in [0, 0.05) is 37.4 Å². The zero-order valence-corrected chi connectivity index (χ0v) is 11.9. The Kier molecular flexibility index (Phi) is 3.46. The number of hydrogen-bond donors (Lipinski definition) is 1. The third-order valence-electron chi connectivity index (χ3n) is 4.77. The number of rotatable bonds is 2. The highest BCUT2D eigenvalue weighted by atomic mass is 15.3. The molecule has 2 aliphatic rings. The van der Waals surface area contributed by atoms with Gasteiger partial charge in [0.2, 0.25) is 0 Å². The Balaban J connectivity index is 1.75. The van der Waals surface area contributed by atoms with E-state index in [0.29, 0.717) is 6.04 Å². The first-order chi connectivity index (χ1) is 9.15. The number of hydrogen-bond acceptors (Lipinski definition) is 4. The SMILES string of the molecule is C[C@H](N)c1ccc(N2CCC3CCC(C2)N3C)nc1. The Bertz CT molecular complexity index is 428. The topological polar surface area (TPSA) is 45.4 Å². The summed E-state index contributed by atoms with van der Waals surface area (Å²) in [5.74, 6) is 1.10. The fourth-order valence-electron chi connectivity index (χ4n) is 3.37. The van der Waals surface area contributed by atoms with E-state index in [9.17, 15) is 0 Å². The molecule has 2 fully saturated rings. The Morgan fingerprint density at radius 3 is 2.74 bits per heavy atom. The van der Waals surface area contributed by atoms with Crippen molar-refractivity contribution in [3.8, 4) is 0 Å². The smallest absolute Gasteiger partial charge is 0.128 e. The third-order valence-corrected chi connectivity index (χ3v) is 4.77. The van der Waals surface area contributed by atoms with E-state index in [0.717, 1.165) is 30.5 Å². The van der Waals surface area contributed by atoms with Gasteiger partial charge in [-0.3, -0.25) is 4.90 Å². The predicted octanol–water partition coefficient (Wildman–Crippen LogP) is 1.77. The molecule has 4 heteroatoms. The van der Waals surface area contributed by atoms with Crippen molar-refractivity contribution in [2.45, 2.75) is 44.3 Å². The van der Waals surface area contributed by atoms with Crippen LogP contribution in [0.4, 0.5) is 5.82 Å². The normalized spacial score (nSPS) is 29.3. The Labute approximate surface area is 115 Å². The summed E-state index contributed by atoms with van der Waals surface area (Å²) in [6.07, 6.45) is 5.87. The molecule has 3 heterocycles. The van der Waals surface area contributed by atoms with Crippen molar-refractivity contribution in [2.24, 2.45) is 5.73 Å². The average molecular weight is 260 g/mol. The fourth-order valence-corrected chi connectivity index (χ4v) is 3.37. The van der Waals surface area contributed by atoms with E-state index >= 15 is 0 Å². The van der Waals surface area contributed by atoms with Crippen LogP contribution >= 0.6 is 0 Å². The number of fused-ring (bicyclic) bond motifs is 2. The summed E-state index contributed by atoms with van der Waals surface area (Å²) in [7, 11) is 2.28. The molecule has 19 heavy (non-hydrogen) atoms. The van der Waals surface area contributed by atoms with Crippen molar-refractivity contribution >= 4 is 5.82 Å². The average Bonchev–Trinajstić information content (AvgIpc) is 2.63. The summed E-state index contributed by atoms with van der Waals surface area (Å²) in [6.45, 7) is 4.23. The first-order valence-electron chi connectivity index (χ1n) is 7.33. The van der Waals surface area contributed by atoms with Gasteiger partial charge in [0.25, 0.3) is 0 Å². The van der Waals surface area contributed by atoms with Gasteiger partial charge in [-0.1, -0.05) is 6.07 Å². The molecule has 104 valence electrons. The minimum Gasteiger partial charge on any atom is -0.355 e. The first-order valence-corrected chi connectivity index (χ1v) is 7.33. The maximum Gasteiger partial charge on any atom is 0.128 e. The number of pyridine rings is 1. The third kappa shape index (κ3) is 2.47. The molecule has 3 rings (SSSR count). The van der Waals surface area contributed by atoms with Crippen LogP contribution in [0.5, 0.6) is 0 Å². The summed E-state index contributed by atoms with van der Waals surface area (Å²) < 4.78 is 0. The molecule has 2 N–H and O–H groups in total. The summed E-state index contributed by atoms with van der Waals surface area (Å²) in [5, 5.41) is 0. The van der Waals surface area contributed by atoms with Gasteiger partial charge >= 0.3 is 0 Å². The van der Waals surface area contributed by atoms with E-state index in [1.54, 1.807) is 0 Å². The quantitative estimate of drug-likeness (QED) is 0.880. The highest BCUT2D eigenvalue weighted by Gasteiger charge is 2.34. The van der Waals surface area contributed by atoms with Gasteiger partial charge in [-0.2, -0.15) is 0 Å². The molecule has 0 saturated carbocycles. The van der Waals surface area contributed by atoms with Crippen molar-refractivity contribution in [1.82, 2.24) is 9.88 Å². The van der Waals surface area contributed by atoms with Crippen LogP contribution in [-0.2, 0) is 0 Å². The van der Waals surface area contributed by atoms with Crippen LogP contribution in [-0.4, -0.2) is 42.1 Å². The molecule has 3 atom stereocenters. The second-order valence-electron chi connectivity index (χ2n) is 6.02. The van der Waals surface area contributed by atoms with E-state index in [1.165, 1.54) is 19.3 Å².